The molecule has 1 aromatic heterocycles. The van der Waals surface area contributed by atoms with Crippen molar-refractivity contribution in [2.75, 3.05) is 0 Å². The zero-order chi connectivity index (χ0) is 15.0. The monoisotopic (exact) mass is 281 g/mol. The normalized spacial score (nSPS) is 32.3. The number of nitrogens with two attached hydrogens (primary N) is 1. The average molecular weight is 281 g/mol. The minimum atomic E-state index is -0.686. The molecule has 2 atom stereocenters. The molecule has 0 saturated heterocycles. The van der Waals surface area contributed by atoms with Crippen LogP contribution in [0.4, 0.5) is 0 Å². The van der Waals surface area contributed by atoms with Crippen molar-refractivity contribution < 1.29 is 4.79 Å². The van der Waals surface area contributed by atoms with Crippen molar-refractivity contribution in [1.29, 1.82) is 0 Å². The molecule has 2 aliphatic rings. The highest BCUT2D eigenvalue weighted by Crippen LogP contribution is 2.69. The highest BCUT2D eigenvalue weighted by molar-refractivity contribution is 5.91. The third-order valence-electron chi connectivity index (χ3n) is 6.36. The van der Waals surface area contributed by atoms with E-state index >= 15 is 0 Å². The molecular formula is C17H19N3O. The van der Waals surface area contributed by atoms with Crippen molar-refractivity contribution in [3.63, 3.8) is 0 Å². The van der Waals surface area contributed by atoms with E-state index in [1.807, 2.05) is 24.3 Å². The zero-order valence-electron chi connectivity index (χ0n) is 12.6. The summed E-state index contributed by atoms with van der Waals surface area (Å²) in [5.41, 5.74) is 8.27. The topological polar surface area (TPSA) is 68.9 Å². The van der Waals surface area contributed by atoms with Gasteiger partial charge < -0.3 is 5.73 Å². The average Bonchev–Trinajstić information content (AvgIpc) is 2.74. The third-order valence-corrected chi connectivity index (χ3v) is 6.36. The number of primary amides is 1. The van der Waals surface area contributed by atoms with E-state index in [4.69, 9.17) is 15.7 Å². The second kappa shape index (κ2) is 3.43. The van der Waals surface area contributed by atoms with Gasteiger partial charge in [-0.2, -0.15) is 0 Å². The van der Waals surface area contributed by atoms with Gasteiger partial charge in [0.1, 0.15) is 0 Å². The zero-order valence-corrected chi connectivity index (χ0v) is 12.6. The van der Waals surface area contributed by atoms with Crippen molar-refractivity contribution in [2.24, 2.45) is 11.1 Å². The van der Waals surface area contributed by atoms with Gasteiger partial charge in [-0.05, 0) is 30.4 Å². The van der Waals surface area contributed by atoms with Crippen LogP contribution in [0.3, 0.4) is 0 Å². The van der Waals surface area contributed by atoms with E-state index in [-0.39, 0.29) is 16.7 Å². The number of hydrogen-bond acceptors (Lipinski definition) is 3. The number of carbonyl (C=O) groups is 1. The SMILES string of the molecule is CC1(C)[C@]2(C(N)=O)CC[C@]1(C)c1nc3ccccc3nc12. The van der Waals surface area contributed by atoms with E-state index in [0.717, 1.165) is 35.3 Å². The molecule has 1 aromatic carbocycles. The number of para-hydroxylation sites is 2. The highest BCUT2D eigenvalue weighted by atomic mass is 16.1. The van der Waals surface area contributed by atoms with E-state index in [1.165, 1.54) is 0 Å². The van der Waals surface area contributed by atoms with Gasteiger partial charge in [0, 0.05) is 5.41 Å². The van der Waals surface area contributed by atoms with Gasteiger partial charge in [0.2, 0.25) is 5.91 Å². The van der Waals surface area contributed by atoms with Crippen molar-refractivity contribution in [3.8, 4) is 0 Å². The summed E-state index contributed by atoms with van der Waals surface area (Å²) >= 11 is 0. The Hall–Kier alpha value is -1.97. The lowest BCUT2D eigenvalue weighted by molar-refractivity contribution is -0.127. The number of benzene rings is 1. The van der Waals surface area contributed by atoms with Crippen LogP contribution in [0.15, 0.2) is 24.3 Å². The molecule has 2 N–H and O–H groups in total. The van der Waals surface area contributed by atoms with Gasteiger partial charge in [-0.25, -0.2) is 9.97 Å². The van der Waals surface area contributed by atoms with Crippen molar-refractivity contribution in [2.45, 2.75) is 44.4 Å². The molecule has 0 radical (unpaired) electrons. The highest BCUT2D eigenvalue weighted by Gasteiger charge is 2.72. The molecule has 2 bridgehead atoms. The Balaban J connectivity index is 2.15. The smallest absolute Gasteiger partial charge is 0.230 e. The van der Waals surface area contributed by atoms with Gasteiger partial charge >= 0.3 is 0 Å². The second-order valence-corrected chi connectivity index (χ2v) is 7.14. The molecule has 4 heteroatoms. The summed E-state index contributed by atoms with van der Waals surface area (Å²) in [5.74, 6) is -0.264. The van der Waals surface area contributed by atoms with Gasteiger partial charge in [0.25, 0.3) is 0 Å². The Morgan fingerprint density at radius 2 is 1.62 bits per heavy atom. The molecule has 1 fully saturated rings. The molecule has 1 amide bonds. The number of aromatic nitrogens is 2. The van der Waals surface area contributed by atoms with Crippen molar-refractivity contribution in [3.05, 3.63) is 35.7 Å². The number of rotatable bonds is 1. The lowest BCUT2D eigenvalue weighted by Gasteiger charge is -2.38. The van der Waals surface area contributed by atoms with E-state index in [9.17, 15) is 4.79 Å². The van der Waals surface area contributed by atoms with E-state index in [1.54, 1.807) is 0 Å². The van der Waals surface area contributed by atoms with Crippen LogP contribution in [0.2, 0.25) is 0 Å². The first-order valence-electron chi connectivity index (χ1n) is 7.42. The maximum absolute atomic E-state index is 12.4. The predicted molar refractivity (Wildman–Crippen MR) is 80.8 cm³/mol. The third kappa shape index (κ3) is 1.13. The molecule has 4 nitrogen and oxygen atoms in total. The Morgan fingerprint density at radius 3 is 2.19 bits per heavy atom. The molecule has 21 heavy (non-hydrogen) atoms. The van der Waals surface area contributed by atoms with Crippen LogP contribution in [0.1, 0.15) is 45.0 Å². The van der Waals surface area contributed by atoms with Crippen molar-refractivity contribution in [1.82, 2.24) is 9.97 Å². The van der Waals surface area contributed by atoms with Crippen LogP contribution in [-0.2, 0) is 15.6 Å². The second-order valence-electron chi connectivity index (χ2n) is 7.14. The Kier molecular flexibility index (Phi) is 2.08. The van der Waals surface area contributed by atoms with Gasteiger partial charge in [0.05, 0.1) is 27.8 Å². The largest absolute Gasteiger partial charge is 0.369 e. The number of hydrogen-bond donors (Lipinski definition) is 1. The minimum Gasteiger partial charge on any atom is -0.369 e. The molecular weight excluding hydrogens is 262 g/mol. The fourth-order valence-electron chi connectivity index (χ4n) is 4.59. The Morgan fingerprint density at radius 1 is 1.05 bits per heavy atom. The van der Waals surface area contributed by atoms with Gasteiger partial charge in [-0.3, -0.25) is 4.79 Å². The Labute approximate surface area is 123 Å². The maximum Gasteiger partial charge on any atom is 0.230 e. The molecule has 0 spiro atoms. The summed E-state index contributed by atoms with van der Waals surface area (Å²) in [6.45, 7) is 6.48. The summed E-state index contributed by atoms with van der Waals surface area (Å²) in [5, 5.41) is 0. The minimum absolute atomic E-state index is 0.144. The standard InChI is InChI=1S/C17H19N3O/c1-15(2)16(3)8-9-17(15,14(18)21)13-12(16)19-10-6-4-5-7-11(10)20-13/h4-7H,8-9H2,1-3H3,(H2,18,21)/t16-,17-/m1/s1. The fraction of sp³-hybridized carbons (Fsp3) is 0.471. The lowest BCUT2D eigenvalue weighted by atomic mass is 9.63. The molecule has 2 aromatic rings. The van der Waals surface area contributed by atoms with Gasteiger partial charge in [0.15, 0.2) is 0 Å². The summed E-state index contributed by atoms with van der Waals surface area (Å²) in [7, 11) is 0. The van der Waals surface area contributed by atoms with Crippen LogP contribution in [0.25, 0.3) is 11.0 Å². The van der Waals surface area contributed by atoms with Crippen LogP contribution >= 0.6 is 0 Å². The predicted octanol–water partition coefficient (Wildman–Crippen LogP) is 2.44. The molecule has 108 valence electrons. The first kappa shape index (κ1) is 12.7. The summed E-state index contributed by atoms with van der Waals surface area (Å²) in [6, 6.07) is 7.83. The molecule has 1 saturated carbocycles. The lowest BCUT2D eigenvalue weighted by Crippen LogP contribution is -2.49. The van der Waals surface area contributed by atoms with Crippen LogP contribution in [-0.4, -0.2) is 15.9 Å². The fourth-order valence-corrected chi connectivity index (χ4v) is 4.59. The molecule has 1 heterocycles. The van der Waals surface area contributed by atoms with Gasteiger partial charge in [-0.1, -0.05) is 32.9 Å². The van der Waals surface area contributed by atoms with E-state index in [2.05, 4.69) is 20.8 Å². The number of amides is 1. The Bertz CT molecular complexity index is 798. The maximum atomic E-state index is 12.4. The summed E-state index contributed by atoms with van der Waals surface area (Å²) < 4.78 is 0. The van der Waals surface area contributed by atoms with Crippen molar-refractivity contribution >= 4 is 16.9 Å². The first-order chi connectivity index (χ1) is 9.84. The molecule has 0 aliphatic heterocycles. The molecule has 4 rings (SSSR count). The number of nitrogens with zero attached hydrogens (tertiary/aromatic N) is 2. The van der Waals surface area contributed by atoms with E-state index < -0.39 is 5.41 Å². The van der Waals surface area contributed by atoms with Gasteiger partial charge in [-0.15, -0.1) is 0 Å². The van der Waals surface area contributed by atoms with Crippen LogP contribution in [0, 0.1) is 5.41 Å². The summed E-state index contributed by atoms with van der Waals surface area (Å²) in [4.78, 5) is 22.1. The summed E-state index contributed by atoms with van der Waals surface area (Å²) in [6.07, 6.45) is 1.70. The quantitative estimate of drug-likeness (QED) is 0.873. The number of carbonyl (C=O) groups excluding carboxylic acids is 1. The molecule has 0 unspecified atom stereocenters. The first-order valence-corrected chi connectivity index (χ1v) is 7.42. The van der Waals surface area contributed by atoms with Crippen LogP contribution < -0.4 is 5.73 Å². The molecule has 2 aliphatic carbocycles. The van der Waals surface area contributed by atoms with E-state index in [0.29, 0.717) is 0 Å². The van der Waals surface area contributed by atoms with Crippen LogP contribution in [0.5, 0.6) is 0 Å². The number of fused-ring (bicyclic) bond motifs is 6.